The van der Waals surface area contributed by atoms with E-state index in [-0.39, 0.29) is 35.5 Å². The fraction of sp³-hybridized carbons (Fsp3) is 0.389. The molecule has 7 nitrogen and oxygen atoms in total. The standard InChI is InChI=1S/C36H42FN3O4S/c37-32-18-13-30(14-19-32)27-40(34(41)22-17-29-15-20-33(21-16-29)45(43,44)39-25-7-8-26-39)35(31-11-5-2-6-12-31)36(42)38-24-23-28-9-3-1-4-10-28/h2,5-6,9,11-16,18-21,35H,1,3-4,7-8,10,17,22-27H2,(H,38,42)/t35-/m1/s1. The fourth-order valence-corrected chi connectivity index (χ4v) is 7.61. The summed E-state index contributed by atoms with van der Waals surface area (Å²) in [6.45, 7) is 1.69. The summed E-state index contributed by atoms with van der Waals surface area (Å²) >= 11 is 0. The zero-order valence-corrected chi connectivity index (χ0v) is 26.5. The smallest absolute Gasteiger partial charge is 0.247 e. The summed E-state index contributed by atoms with van der Waals surface area (Å²) in [6.07, 6.45) is 9.78. The maximum absolute atomic E-state index is 14.0. The third-order valence-corrected chi connectivity index (χ3v) is 10.6. The highest BCUT2D eigenvalue weighted by atomic mass is 32.2. The average Bonchev–Trinajstić information content (AvgIpc) is 3.62. The summed E-state index contributed by atoms with van der Waals surface area (Å²) in [5.41, 5.74) is 3.59. The monoisotopic (exact) mass is 631 g/mol. The molecule has 45 heavy (non-hydrogen) atoms. The quantitative estimate of drug-likeness (QED) is 0.224. The minimum absolute atomic E-state index is 0.114. The normalized spacial score (nSPS) is 16.2. The topological polar surface area (TPSA) is 86.8 Å². The zero-order chi connectivity index (χ0) is 31.6. The molecular weight excluding hydrogens is 589 g/mol. The number of nitrogens with one attached hydrogen (secondary N) is 1. The molecule has 1 fully saturated rings. The second kappa shape index (κ2) is 15.5. The van der Waals surface area contributed by atoms with Crippen molar-refractivity contribution in [2.45, 2.75) is 75.3 Å². The van der Waals surface area contributed by atoms with Crippen molar-refractivity contribution in [3.05, 3.63) is 113 Å². The van der Waals surface area contributed by atoms with Crippen molar-refractivity contribution in [2.24, 2.45) is 0 Å². The molecule has 0 saturated carbocycles. The Hall–Kier alpha value is -3.82. The van der Waals surface area contributed by atoms with Crippen LogP contribution in [0.1, 0.15) is 74.1 Å². The number of sulfonamides is 1. The Kier molecular flexibility index (Phi) is 11.2. The molecule has 1 heterocycles. The number of allylic oxidation sites excluding steroid dienone is 1. The van der Waals surface area contributed by atoms with Crippen LogP contribution >= 0.6 is 0 Å². The van der Waals surface area contributed by atoms with Crippen LogP contribution in [0.2, 0.25) is 0 Å². The lowest BCUT2D eigenvalue weighted by Crippen LogP contribution is -2.43. The van der Waals surface area contributed by atoms with E-state index in [2.05, 4.69) is 11.4 Å². The van der Waals surface area contributed by atoms with Crippen LogP contribution in [0.5, 0.6) is 0 Å². The molecule has 1 saturated heterocycles. The van der Waals surface area contributed by atoms with Crippen molar-refractivity contribution in [3.8, 4) is 0 Å². The van der Waals surface area contributed by atoms with Gasteiger partial charge < -0.3 is 10.2 Å². The average molecular weight is 632 g/mol. The van der Waals surface area contributed by atoms with Crippen LogP contribution in [0, 0.1) is 5.82 Å². The molecule has 0 aromatic heterocycles. The van der Waals surface area contributed by atoms with Crippen LogP contribution in [0.15, 0.2) is 95.4 Å². The van der Waals surface area contributed by atoms with E-state index in [9.17, 15) is 22.4 Å². The number of nitrogens with zero attached hydrogens (tertiary/aromatic N) is 2. The first kappa shape index (κ1) is 32.6. The largest absolute Gasteiger partial charge is 0.354 e. The van der Waals surface area contributed by atoms with Gasteiger partial charge in [0.1, 0.15) is 11.9 Å². The Bertz CT molecular complexity index is 1570. The van der Waals surface area contributed by atoms with Crippen molar-refractivity contribution in [2.75, 3.05) is 19.6 Å². The Morgan fingerprint density at radius 3 is 2.20 bits per heavy atom. The molecule has 1 aliphatic heterocycles. The number of carbonyl (C=O) groups excluding carboxylic acids is 2. The lowest BCUT2D eigenvalue weighted by atomic mass is 9.97. The van der Waals surface area contributed by atoms with E-state index in [1.54, 1.807) is 41.3 Å². The fourth-order valence-electron chi connectivity index (χ4n) is 6.09. The second-order valence-electron chi connectivity index (χ2n) is 11.9. The lowest BCUT2D eigenvalue weighted by molar-refractivity contribution is -0.141. The van der Waals surface area contributed by atoms with Crippen LogP contribution in [0.4, 0.5) is 4.39 Å². The molecule has 9 heteroatoms. The van der Waals surface area contributed by atoms with E-state index in [1.165, 1.54) is 34.9 Å². The number of benzene rings is 3. The van der Waals surface area contributed by atoms with Crippen molar-refractivity contribution >= 4 is 21.8 Å². The number of carbonyl (C=O) groups is 2. The number of amides is 2. The van der Waals surface area contributed by atoms with Gasteiger partial charge in [-0.15, -0.1) is 0 Å². The summed E-state index contributed by atoms with van der Waals surface area (Å²) < 4.78 is 41.1. The zero-order valence-electron chi connectivity index (χ0n) is 25.7. The SMILES string of the molecule is O=C(NCCC1=CCCCC1)[C@@H](c1ccccc1)N(Cc1ccc(F)cc1)C(=O)CCc1ccc(S(=O)(=O)N2CCCC2)cc1. The highest BCUT2D eigenvalue weighted by molar-refractivity contribution is 7.89. The molecule has 3 aromatic carbocycles. The maximum atomic E-state index is 14.0. The lowest BCUT2D eigenvalue weighted by Gasteiger charge is -2.32. The van der Waals surface area contributed by atoms with Gasteiger partial charge in [0.15, 0.2) is 0 Å². The number of rotatable bonds is 13. The van der Waals surface area contributed by atoms with Crippen LogP contribution in [0.3, 0.4) is 0 Å². The van der Waals surface area contributed by atoms with E-state index in [1.807, 2.05) is 30.3 Å². The van der Waals surface area contributed by atoms with Gasteiger partial charge >= 0.3 is 0 Å². The third kappa shape index (κ3) is 8.67. The number of aryl methyl sites for hydroxylation is 1. The van der Waals surface area contributed by atoms with Gasteiger partial charge in [-0.3, -0.25) is 9.59 Å². The second-order valence-corrected chi connectivity index (χ2v) is 13.8. The first-order valence-corrected chi connectivity index (χ1v) is 17.4. The Labute approximate surface area is 266 Å². The van der Waals surface area contributed by atoms with E-state index >= 15 is 0 Å². The first-order valence-electron chi connectivity index (χ1n) is 15.9. The predicted octanol–water partition coefficient (Wildman–Crippen LogP) is 6.32. The summed E-state index contributed by atoms with van der Waals surface area (Å²) in [4.78, 5) is 29.7. The summed E-state index contributed by atoms with van der Waals surface area (Å²) in [7, 11) is -3.52. The molecule has 0 unspecified atom stereocenters. The summed E-state index contributed by atoms with van der Waals surface area (Å²) in [5.74, 6) is -0.863. The molecule has 2 amide bonds. The molecular formula is C36H42FN3O4S. The van der Waals surface area contributed by atoms with Crippen molar-refractivity contribution in [1.29, 1.82) is 0 Å². The van der Waals surface area contributed by atoms with Gasteiger partial charge in [-0.05, 0) is 92.3 Å². The molecule has 1 atom stereocenters. The van der Waals surface area contributed by atoms with Crippen molar-refractivity contribution in [3.63, 3.8) is 0 Å². The minimum Gasteiger partial charge on any atom is -0.354 e. The van der Waals surface area contributed by atoms with Crippen LogP contribution in [-0.2, 0) is 32.6 Å². The Morgan fingerprint density at radius 2 is 1.53 bits per heavy atom. The van der Waals surface area contributed by atoms with E-state index in [0.717, 1.165) is 37.7 Å². The highest BCUT2D eigenvalue weighted by Crippen LogP contribution is 2.27. The highest BCUT2D eigenvalue weighted by Gasteiger charge is 2.32. The van der Waals surface area contributed by atoms with Crippen LogP contribution < -0.4 is 5.32 Å². The van der Waals surface area contributed by atoms with E-state index in [0.29, 0.717) is 37.2 Å². The molecule has 3 aromatic rings. The van der Waals surface area contributed by atoms with E-state index < -0.39 is 16.1 Å². The van der Waals surface area contributed by atoms with Gasteiger partial charge in [0.05, 0.1) is 4.90 Å². The molecule has 1 aliphatic carbocycles. The summed E-state index contributed by atoms with van der Waals surface area (Å²) in [6, 6.07) is 21.1. The summed E-state index contributed by atoms with van der Waals surface area (Å²) in [5, 5.41) is 3.08. The molecule has 2 aliphatic rings. The molecule has 0 bridgehead atoms. The predicted molar refractivity (Wildman–Crippen MR) is 173 cm³/mol. The molecule has 0 radical (unpaired) electrons. The van der Waals surface area contributed by atoms with Gasteiger partial charge in [-0.2, -0.15) is 4.31 Å². The Balaban J connectivity index is 1.34. The number of hydrogen-bond donors (Lipinski definition) is 1. The van der Waals surface area contributed by atoms with Crippen LogP contribution in [0.25, 0.3) is 0 Å². The molecule has 5 rings (SSSR count). The Morgan fingerprint density at radius 1 is 0.844 bits per heavy atom. The molecule has 0 spiro atoms. The maximum Gasteiger partial charge on any atom is 0.247 e. The number of hydrogen-bond acceptors (Lipinski definition) is 4. The van der Waals surface area contributed by atoms with Crippen molar-refractivity contribution < 1.29 is 22.4 Å². The third-order valence-electron chi connectivity index (χ3n) is 8.65. The van der Waals surface area contributed by atoms with Gasteiger partial charge in [0.25, 0.3) is 0 Å². The van der Waals surface area contributed by atoms with Crippen LogP contribution in [-0.4, -0.2) is 49.1 Å². The minimum atomic E-state index is -3.52. The van der Waals surface area contributed by atoms with E-state index in [4.69, 9.17) is 0 Å². The van der Waals surface area contributed by atoms with Gasteiger partial charge in [-0.1, -0.05) is 66.2 Å². The van der Waals surface area contributed by atoms with Gasteiger partial charge in [0.2, 0.25) is 21.8 Å². The van der Waals surface area contributed by atoms with Gasteiger partial charge in [0, 0.05) is 32.6 Å². The van der Waals surface area contributed by atoms with Gasteiger partial charge in [-0.25, -0.2) is 12.8 Å². The molecule has 1 N–H and O–H groups in total. The first-order chi connectivity index (χ1) is 21.8. The number of halogens is 1. The molecule has 238 valence electrons. The van der Waals surface area contributed by atoms with Crippen molar-refractivity contribution in [1.82, 2.24) is 14.5 Å².